The molecule has 0 unspecified atom stereocenters. The van der Waals surface area contributed by atoms with Gasteiger partial charge in [-0.2, -0.15) is 0 Å². The Balaban J connectivity index is 2.52. The summed E-state index contributed by atoms with van der Waals surface area (Å²) in [5.74, 6) is 0.680. The number of nitrogens with one attached hydrogen (secondary N) is 1. The molecule has 1 aromatic carbocycles. The van der Waals surface area contributed by atoms with E-state index < -0.39 is 0 Å². The topological polar surface area (TPSA) is 12.0 Å². The second-order valence-corrected chi connectivity index (χ2v) is 4.26. The van der Waals surface area contributed by atoms with Crippen LogP contribution < -0.4 is 5.32 Å². The van der Waals surface area contributed by atoms with Crippen molar-refractivity contribution in [2.75, 3.05) is 11.9 Å². The maximum atomic E-state index is 3.37. The molecule has 1 N–H and O–H groups in total. The molecule has 0 aromatic heterocycles. The minimum atomic E-state index is 0.680. The highest BCUT2D eigenvalue weighted by atomic mass is 127. The number of halogens is 1. The minimum absolute atomic E-state index is 0.680. The molecule has 1 aromatic rings. The molecule has 58 valence electrons. The molecule has 1 nitrogen and oxygen atoms in total. The zero-order valence-corrected chi connectivity index (χ0v) is 8.55. The molecule has 1 aliphatic rings. The summed E-state index contributed by atoms with van der Waals surface area (Å²) < 4.78 is 1.33. The number of rotatable bonds is 0. The van der Waals surface area contributed by atoms with Gasteiger partial charge in [0.25, 0.3) is 0 Å². The van der Waals surface area contributed by atoms with E-state index in [1.807, 2.05) is 0 Å². The van der Waals surface area contributed by atoms with Crippen molar-refractivity contribution in [2.45, 2.75) is 12.8 Å². The van der Waals surface area contributed by atoms with Gasteiger partial charge in [-0.15, -0.1) is 0 Å². The van der Waals surface area contributed by atoms with Gasteiger partial charge in [-0.05, 0) is 46.4 Å². The van der Waals surface area contributed by atoms with Gasteiger partial charge in [0.2, 0.25) is 0 Å². The molecule has 0 aliphatic carbocycles. The molecule has 0 bridgehead atoms. The fraction of sp³-hybridized carbons (Fsp3) is 0.333. The van der Waals surface area contributed by atoms with Crippen LogP contribution in [0.15, 0.2) is 18.2 Å². The zero-order valence-electron chi connectivity index (χ0n) is 6.39. The molecule has 2 heteroatoms. The molecule has 0 fully saturated rings. The average molecular weight is 259 g/mol. The molecule has 1 aliphatic heterocycles. The first-order valence-corrected chi connectivity index (χ1v) is 4.88. The lowest BCUT2D eigenvalue weighted by molar-refractivity contribution is 0.853. The Kier molecular flexibility index (Phi) is 1.79. The first-order valence-electron chi connectivity index (χ1n) is 3.80. The molecule has 0 radical (unpaired) electrons. The maximum absolute atomic E-state index is 3.37. The van der Waals surface area contributed by atoms with Gasteiger partial charge in [0.15, 0.2) is 0 Å². The van der Waals surface area contributed by atoms with Crippen molar-refractivity contribution in [3.8, 4) is 0 Å². The predicted octanol–water partition coefficient (Wildman–Crippen LogP) is 2.82. The second kappa shape index (κ2) is 2.66. The van der Waals surface area contributed by atoms with E-state index in [1.165, 1.54) is 14.8 Å². The van der Waals surface area contributed by atoms with Crippen LogP contribution in [0, 0.1) is 3.57 Å². The molecular weight excluding hydrogens is 249 g/mol. The summed E-state index contributed by atoms with van der Waals surface area (Å²) in [6, 6.07) is 6.57. The standard InChI is InChI=1S/C9H10IN/c1-6-5-11-9-3-2-7(10)4-8(6)9/h2-4,6,11H,5H2,1H3/t6-/m0/s1. The van der Waals surface area contributed by atoms with Crippen molar-refractivity contribution in [3.63, 3.8) is 0 Å². The number of hydrogen-bond donors (Lipinski definition) is 1. The third-order valence-corrected chi connectivity index (χ3v) is 2.81. The molecule has 11 heavy (non-hydrogen) atoms. The summed E-state index contributed by atoms with van der Waals surface area (Å²) in [4.78, 5) is 0. The number of hydrogen-bond acceptors (Lipinski definition) is 1. The van der Waals surface area contributed by atoms with Crippen LogP contribution >= 0.6 is 22.6 Å². The van der Waals surface area contributed by atoms with Gasteiger partial charge in [0.1, 0.15) is 0 Å². The number of anilines is 1. The summed E-state index contributed by atoms with van der Waals surface area (Å²) >= 11 is 2.36. The van der Waals surface area contributed by atoms with Crippen LogP contribution in [0.25, 0.3) is 0 Å². The van der Waals surface area contributed by atoms with Crippen LogP contribution in [0.5, 0.6) is 0 Å². The molecule has 0 saturated carbocycles. The normalized spacial score (nSPS) is 21.1. The maximum Gasteiger partial charge on any atom is 0.0377 e. The van der Waals surface area contributed by atoms with Crippen LogP contribution in [0.2, 0.25) is 0 Å². The first kappa shape index (κ1) is 7.40. The lowest BCUT2D eigenvalue weighted by Gasteiger charge is -2.01. The van der Waals surface area contributed by atoms with Gasteiger partial charge in [-0.1, -0.05) is 6.92 Å². The third-order valence-electron chi connectivity index (χ3n) is 2.14. The Labute approximate surface area is 80.3 Å². The molecule has 0 amide bonds. The minimum Gasteiger partial charge on any atom is -0.384 e. The van der Waals surface area contributed by atoms with Crippen molar-refractivity contribution >= 4 is 28.3 Å². The van der Waals surface area contributed by atoms with E-state index in [0.29, 0.717) is 5.92 Å². The highest BCUT2D eigenvalue weighted by Gasteiger charge is 2.16. The summed E-state index contributed by atoms with van der Waals surface area (Å²) in [6.07, 6.45) is 0. The first-order chi connectivity index (χ1) is 5.27. The Bertz CT molecular complexity index is 283. The van der Waals surface area contributed by atoms with Gasteiger partial charge < -0.3 is 5.32 Å². The average Bonchev–Trinajstić information content (AvgIpc) is 2.33. The van der Waals surface area contributed by atoms with Crippen molar-refractivity contribution in [3.05, 3.63) is 27.3 Å². The van der Waals surface area contributed by atoms with Gasteiger partial charge in [-0.25, -0.2) is 0 Å². The van der Waals surface area contributed by atoms with E-state index in [2.05, 4.69) is 53.0 Å². The summed E-state index contributed by atoms with van der Waals surface area (Å²) in [5.41, 5.74) is 2.79. The molecule has 0 spiro atoms. The van der Waals surface area contributed by atoms with Crippen LogP contribution in [-0.4, -0.2) is 6.54 Å². The summed E-state index contributed by atoms with van der Waals surface area (Å²) in [6.45, 7) is 3.35. The highest BCUT2D eigenvalue weighted by Crippen LogP contribution is 2.31. The monoisotopic (exact) mass is 259 g/mol. The predicted molar refractivity (Wildman–Crippen MR) is 56.1 cm³/mol. The summed E-state index contributed by atoms with van der Waals surface area (Å²) in [7, 11) is 0. The Morgan fingerprint density at radius 2 is 2.36 bits per heavy atom. The molecule has 2 rings (SSSR count). The van der Waals surface area contributed by atoms with Gasteiger partial charge >= 0.3 is 0 Å². The second-order valence-electron chi connectivity index (χ2n) is 3.01. The fourth-order valence-electron chi connectivity index (χ4n) is 1.48. The van der Waals surface area contributed by atoms with Crippen LogP contribution in [0.1, 0.15) is 18.4 Å². The van der Waals surface area contributed by atoms with E-state index in [4.69, 9.17) is 0 Å². The molecule has 1 atom stereocenters. The van der Waals surface area contributed by atoms with E-state index in [-0.39, 0.29) is 0 Å². The van der Waals surface area contributed by atoms with Crippen LogP contribution in [-0.2, 0) is 0 Å². The fourth-order valence-corrected chi connectivity index (χ4v) is 1.99. The van der Waals surface area contributed by atoms with Gasteiger partial charge in [0, 0.05) is 21.7 Å². The van der Waals surface area contributed by atoms with Gasteiger partial charge in [0.05, 0.1) is 0 Å². The van der Waals surface area contributed by atoms with Crippen molar-refractivity contribution in [1.29, 1.82) is 0 Å². The van der Waals surface area contributed by atoms with E-state index in [0.717, 1.165) is 6.54 Å². The molecule has 1 heterocycles. The quantitative estimate of drug-likeness (QED) is 0.706. The SMILES string of the molecule is C[C@H]1CNc2ccc(I)cc21. The number of benzene rings is 1. The van der Waals surface area contributed by atoms with E-state index in [1.54, 1.807) is 0 Å². The highest BCUT2D eigenvalue weighted by molar-refractivity contribution is 14.1. The van der Waals surface area contributed by atoms with Crippen molar-refractivity contribution in [1.82, 2.24) is 0 Å². The largest absolute Gasteiger partial charge is 0.384 e. The summed E-state index contributed by atoms with van der Waals surface area (Å²) in [5, 5.41) is 3.37. The Morgan fingerprint density at radius 3 is 3.18 bits per heavy atom. The third kappa shape index (κ3) is 1.24. The molecule has 0 saturated heterocycles. The lowest BCUT2D eigenvalue weighted by atomic mass is 10.0. The van der Waals surface area contributed by atoms with Crippen molar-refractivity contribution < 1.29 is 0 Å². The van der Waals surface area contributed by atoms with Crippen LogP contribution in [0.4, 0.5) is 5.69 Å². The zero-order chi connectivity index (χ0) is 7.84. The lowest BCUT2D eigenvalue weighted by Crippen LogP contribution is -1.95. The Hall–Kier alpha value is -0.250. The van der Waals surface area contributed by atoms with Gasteiger partial charge in [-0.3, -0.25) is 0 Å². The van der Waals surface area contributed by atoms with E-state index in [9.17, 15) is 0 Å². The molecular formula is C9H10IN. The van der Waals surface area contributed by atoms with Crippen molar-refractivity contribution in [2.24, 2.45) is 0 Å². The Morgan fingerprint density at radius 1 is 1.55 bits per heavy atom. The smallest absolute Gasteiger partial charge is 0.0377 e. The van der Waals surface area contributed by atoms with Crippen LogP contribution in [0.3, 0.4) is 0 Å². The van der Waals surface area contributed by atoms with E-state index >= 15 is 0 Å². The number of fused-ring (bicyclic) bond motifs is 1.